The molecule has 0 radical (unpaired) electrons. The van der Waals surface area contributed by atoms with E-state index in [2.05, 4.69) is 27.0 Å². The second-order valence-electron chi connectivity index (χ2n) is 10.6. The molecular weight excluding hydrogens is 544 g/mol. The van der Waals surface area contributed by atoms with Crippen LogP contribution >= 0.6 is 0 Å². The van der Waals surface area contributed by atoms with E-state index in [9.17, 15) is 15.0 Å². The van der Waals surface area contributed by atoms with Gasteiger partial charge in [-0.15, -0.1) is 30.0 Å². The number of benzene rings is 4. The van der Waals surface area contributed by atoms with Gasteiger partial charge in [-0.1, -0.05) is 43.0 Å². The zero-order chi connectivity index (χ0) is 30.1. The molecule has 43 heavy (non-hydrogen) atoms. The van der Waals surface area contributed by atoms with Crippen molar-refractivity contribution in [3.63, 3.8) is 0 Å². The topological polar surface area (TPSA) is 128 Å². The fourth-order valence-corrected chi connectivity index (χ4v) is 5.00. The van der Waals surface area contributed by atoms with E-state index in [1.165, 1.54) is 9.59 Å². The third-order valence-electron chi connectivity index (χ3n) is 7.12. The number of ether oxygens (including phenoxy) is 1. The first-order valence-corrected chi connectivity index (χ1v) is 13.9. The summed E-state index contributed by atoms with van der Waals surface area (Å²) in [5, 5.41) is 41.1. The van der Waals surface area contributed by atoms with Crippen LogP contribution in [0.25, 0.3) is 33.4 Å². The highest BCUT2D eigenvalue weighted by molar-refractivity contribution is 5.86. The van der Waals surface area contributed by atoms with Gasteiger partial charge in [0.25, 0.3) is 0 Å². The normalized spacial score (nSPS) is 11.3. The molecule has 0 amide bonds. The number of aromatic nitrogens is 6. The standard InChI is InChI=1S/C33H30N6O4/c1-20(2)33(42)43-14-8-9-22-17-24(32(41)30(18-22)39-36-27-12-6-7-13-28(27)37-39)19-23-15-21(3)16-29(31(23)40)38-34-25-10-4-5-11-26(25)35-38/h4-7,10-13,15-18,40-41H,1,8-9,14,19H2,2-3H3. The Balaban J connectivity index is 1.38. The summed E-state index contributed by atoms with van der Waals surface area (Å²) in [5.41, 5.74) is 7.00. The highest BCUT2D eigenvalue weighted by Crippen LogP contribution is 2.35. The first kappa shape index (κ1) is 27.6. The maximum atomic E-state index is 11.8. The van der Waals surface area contributed by atoms with Crippen LogP contribution in [0.1, 0.15) is 35.6 Å². The molecule has 0 fully saturated rings. The summed E-state index contributed by atoms with van der Waals surface area (Å²) in [4.78, 5) is 14.7. The molecule has 0 unspecified atom stereocenters. The van der Waals surface area contributed by atoms with Crippen LogP contribution in [0.2, 0.25) is 0 Å². The summed E-state index contributed by atoms with van der Waals surface area (Å²) < 4.78 is 5.27. The molecule has 6 aromatic rings. The quantitative estimate of drug-likeness (QED) is 0.131. The molecule has 2 heterocycles. The highest BCUT2D eigenvalue weighted by Gasteiger charge is 2.19. The van der Waals surface area contributed by atoms with Crippen LogP contribution in [0, 0.1) is 6.92 Å². The summed E-state index contributed by atoms with van der Waals surface area (Å²) in [6, 6.07) is 22.4. The van der Waals surface area contributed by atoms with Crippen LogP contribution in [0.5, 0.6) is 11.5 Å². The number of carbonyl (C=O) groups excluding carboxylic acids is 1. The summed E-state index contributed by atoms with van der Waals surface area (Å²) in [5.74, 6) is -0.403. The minimum Gasteiger partial charge on any atom is -0.505 e. The Kier molecular flexibility index (Phi) is 7.33. The van der Waals surface area contributed by atoms with Crippen LogP contribution < -0.4 is 0 Å². The molecule has 6 rings (SSSR count). The van der Waals surface area contributed by atoms with Gasteiger partial charge in [0.15, 0.2) is 0 Å². The third kappa shape index (κ3) is 5.67. The molecule has 2 N–H and O–H groups in total. The van der Waals surface area contributed by atoms with Gasteiger partial charge < -0.3 is 14.9 Å². The molecule has 10 nitrogen and oxygen atoms in total. The number of rotatable bonds is 9. The molecule has 4 aromatic carbocycles. The fraction of sp³-hybridized carbons (Fsp3) is 0.182. The lowest BCUT2D eigenvalue weighted by Gasteiger charge is -2.15. The molecule has 0 saturated heterocycles. The van der Waals surface area contributed by atoms with Crippen molar-refractivity contribution < 1.29 is 19.7 Å². The van der Waals surface area contributed by atoms with Crippen molar-refractivity contribution in [2.75, 3.05) is 6.61 Å². The Labute approximate surface area is 247 Å². The predicted octanol–water partition coefficient (Wildman–Crippen LogP) is 5.52. The number of carbonyl (C=O) groups is 1. The van der Waals surface area contributed by atoms with Gasteiger partial charge >= 0.3 is 5.97 Å². The lowest BCUT2D eigenvalue weighted by atomic mass is 9.96. The van der Waals surface area contributed by atoms with Gasteiger partial charge in [-0.2, -0.15) is 0 Å². The van der Waals surface area contributed by atoms with Gasteiger partial charge in [-0.05, 0) is 74.2 Å². The van der Waals surface area contributed by atoms with E-state index in [-0.39, 0.29) is 24.5 Å². The zero-order valence-corrected chi connectivity index (χ0v) is 23.9. The number of phenolic OH excluding ortho intramolecular Hbond substituents is 2. The summed E-state index contributed by atoms with van der Waals surface area (Å²) in [7, 11) is 0. The van der Waals surface area contributed by atoms with E-state index < -0.39 is 5.97 Å². The van der Waals surface area contributed by atoms with Crippen molar-refractivity contribution in [3.05, 3.63) is 107 Å². The predicted molar refractivity (Wildman–Crippen MR) is 163 cm³/mol. The molecule has 0 saturated carbocycles. The molecule has 0 aliphatic carbocycles. The molecule has 2 aromatic heterocycles. The van der Waals surface area contributed by atoms with Gasteiger partial charge in [0, 0.05) is 23.1 Å². The number of aromatic hydroxyl groups is 2. The van der Waals surface area contributed by atoms with Crippen LogP contribution in [0.3, 0.4) is 0 Å². The van der Waals surface area contributed by atoms with E-state index >= 15 is 0 Å². The van der Waals surface area contributed by atoms with Crippen molar-refractivity contribution in [3.8, 4) is 22.9 Å². The van der Waals surface area contributed by atoms with E-state index in [1.807, 2.05) is 79.7 Å². The molecule has 10 heteroatoms. The molecular formula is C33H30N6O4. The molecule has 0 aliphatic heterocycles. The average Bonchev–Trinajstić information content (AvgIpc) is 3.62. The monoisotopic (exact) mass is 574 g/mol. The van der Waals surface area contributed by atoms with Gasteiger partial charge in [0.2, 0.25) is 0 Å². The highest BCUT2D eigenvalue weighted by atomic mass is 16.5. The molecule has 216 valence electrons. The SMILES string of the molecule is C=C(C)C(=O)OCCCc1cc(Cc2cc(C)cc(-n3nc4ccccc4n3)c2O)c(O)c(-n2nc3ccccc3n2)c1. The Morgan fingerprint density at radius 3 is 1.79 bits per heavy atom. The number of aryl methyl sites for hydroxylation is 2. The smallest absolute Gasteiger partial charge is 0.333 e. The van der Waals surface area contributed by atoms with Crippen LogP contribution in [-0.2, 0) is 22.4 Å². The van der Waals surface area contributed by atoms with Crippen molar-refractivity contribution in [1.82, 2.24) is 30.0 Å². The largest absolute Gasteiger partial charge is 0.505 e. The van der Waals surface area contributed by atoms with Gasteiger partial charge in [0.1, 0.15) is 44.9 Å². The van der Waals surface area contributed by atoms with Gasteiger partial charge in [0.05, 0.1) is 6.61 Å². The number of hydrogen-bond acceptors (Lipinski definition) is 8. The van der Waals surface area contributed by atoms with Crippen molar-refractivity contribution >= 4 is 28.0 Å². The first-order chi connectivity index (χ1) is 20.8. The molecule has 0 atom stereocenters. The van der Waals surface area contributed by atoms with E-state index in [0.29, 0.717) is 63.0 Å². The number of nitrogens with zero attached hydrogens (tertiary/aromatic N) is 6. The molecule has 0 spiro atoms. The summed E-state index contributed by atoms with van der Waals surface area (Å²) >= 11 is 0. The maximum Gasteiger partial charge on any atom is 0.333 e. The number of fused-ring (bicyclic) bond motifs is 2. The molecule has 0 aliphatic rings. The lowest BCUT2D eigenvalue weighted by molar-refractivity contribution is -0.139. The van der Waals surface area contributed by atoms with Gasteiger partial charge in [-0.3, -0.25) is 0 Å². The fourth-order valence-electron chi connectivity index (χ4n) is 5.00. The minimum absolute atomic E-state index is 0.00294. The van der Waals surface area contributed by atoms with Crippen molar-refractivity contribution in [2.45, 2.75) is 33.1 Å². The maximum absolute atomic E-state index is 11.8. The van der Waals surface area contributed by atoms with E-state index in [0.717, 1.165) is 11.1 Å². The van der Waals surface area contributed by atoms with Crippen LogP contribution in [0.4, 0.5) is 0 Å². The summed E-state index contributed by atoms with van der Waals surface area (Å²) in [6.45, 7) is 7.39. The number of hydrogen-bond donors (Lipinski definition) is 2. The number of esters is 1. The summed E-state index contributed by atoms with van der Waals surface area (Å²) in [6.07, 6.45) is 1.36. The number of phenols is 2. The second kappa shape index (κ2) is 11.4. The first-order valence-electron chi connectivity index (χ1n) is 13.9. The lowest BCUT2D eigenvalue weighted by Crippen LogP contribution is -2.08. The zero-order valence-electron chi connectivity index (χ0n) is 23.9. The Morgan fingerprint density at radius 1 is 0.791 bits per heavy atom. The van der Waals surface area contributed by atoms with E-state index in [1.54, 1.807) is 6.92 Å². The molecule has 0 bridgehead atoms. The van der Waals surface area contributed by atoms with E-state index in [4.69, 9.17) is 4.74 Å². The Bertz CT molecular complexity index is 1940. The average molecular weight is 575 g/mol. The van der Waals surface area contributed by atoms with Gasteiger partial charge in [-0.25, -0.2) is 4.79 Å². The minimum atomic E-state index is -0.426. The van der Waals surface area contributed by atoms with Crippen molar-refractivity contribution in [1.29, 1.82) is 0 Å². The second-order valence-corrected chi connectivity index (χ2v) is 10.6. The van der Waals surface area contributed by atoms with Crippen molar-refractivity contribution in [2.24, 2.45) is 0 Å². The Hall–Kier alpha value is -5.51. The third-order valence-corrected chi connectivity index (χ3v) is 7.12. The van der Waals surface area contributed by atoms with Crippen LogP contribution in [0.15, 0.2) is 84.9 Å². The van der Waals surface area contributed by atoms with Crippen LogP contribution in [-0.4, -0.2) is 52.8 Å². The Morgan fingerprint density at radius 2 is 1.28 bits per heavy atom.